The van der Waals surface area contributed by atoms with Gasteiger partial charge in [-0.2, -0.15) is 8.62 Å². The van der Waals surface area contributed by atoms with E-state index in [0.717, 1.165) is 4.57 Å². The van der Waals surface area contributed by atoms with Crippen LogP contribution in [0.15, 0.2) is 15.8 Å². The average molecular weight is 480 g/mol. The first kappa shape index (κ1) is 22.7. The molecule has 5 N–H and O–H groups in total. The summed E-state index contributed by atoms with van der Waals surface area (Å²) in [6, 6.07) is 0. The number of ether oxygens (including phenoxy) is 2. The van der Waals surface area contributed by atoms with Gasteiger partial charge in [0.25, 0.3) is 5.56 Å². The van der Waals surface area contributed by atoms with E-state index >= 15 is 0 Å². The van der Waals surface area contributed by atoms with Gasteiger partial charge in [0.05, 0.1) is 6.61 Å². The third-order valence-corrected chi connectivity index (χ3v) is 7.56. The molecular weight excluding hydrogens is 465 g/mol. The fraction of sp³-hybridized carbons (Fsp3) is 0.600. The molecule has 2 aliphatic rings. The van der Waals surface area contributed by atoms with E-state index in [-0.39, 0.29) is 5.56 Å². The molecule has 29 heavy (non-hydrogen) atoms. The first-order valence-electron chi connectivity index (χ1n) is 7.59. The van der Waals surface area contributed by atoms with E-state index in [1.807, 2.05) is 0 Å². The average Bonchev–Trinajstić information content (AvgIpc) is 3.21. The third-order valence-electron chi connectivity index (χ3n) is 3.76. The molecule has 0 radical (unpaired) electrons. The topological polar surface area (TPSA) is 236 Å². The van der Waals surface area contributed by atoms with Gasteiger partial charge in [0.15, 0.2) is 6.23 Å². The lowest BCUT2D eigenvalue weighted by Gasteiger charge is -2.21. The highest BCUT2D eigenvalue weighted by molar-refractivity contribution is 7.66. The molecule has 2 fully saturated rings. The van der Waals surface area contributed by atoms with Crippen LogP contribution in [0.25, 0.3) is 0 Å². The maximum atomic E-state index is 11.9. The van der Waals surface area contributed by atoms with Crippen molar-refractivity contribution in [1.29, 1.82) is 0 Å². The summed E-state index contributed by atoms with van der Waals surface area (Å²) >= 11 is 0. The molecule has 0 spiro atoms. The highest BCUT2D eigenvalue weighted by atomic mass is 31.3. The predicted octanol–water partition coefficient (Wildman–Crippen LogP) is -1.15. The van der Waals surface area contributed by atoms with Gasteiger partial charge in [0.1, 0.15) is 18.3 Å². The van der Waals surface area contributed by atoms with E-state index in [4.69, 9.17) is 24.2 Å². The Morgan fingerprint density at radius 3 is 2.34 bits per heavy atom. The van der Waals surface area contributed by atoms with Crippen molar-refractivity contribution in [2.75, 3.05) is 6.61 Å². The van der Waals surface area contributed by atoms with Crippen molar-refractivity contribution in [3.05, 3.63) is 32.6 Å². The molecule has 16 nitrogen and oxygen atoms in total. The Kier molecular flexibility index (Phi) is 5.95. The van der Waals surface area contributed by atoms with Gasteiger partial charge >= 0.3 is 29.2 Å². The molecule has 2 unspecified atom stereocenters. The van der Waals surface area contributed by atoms with Crippen molar-refractivity contribution in [2.45, 2.75) is 31.5 Å². The minimum Gasteiger partial charge on any atom is -0.362 e. The zero-order chi connectivity index (χ0) is 21.8. The van der Waals surface area contributed by atoms with Crippen LogP contribution in [0.3, 0.4) is 0 Å². The molecule has 0 bridgehead atoms. The number of rotatable bonds is 8. The summed E-state index contributed by atoms with van der Waals surface area (Å²) in [6.07, 6.45) is -2.00. The third kappa shape index (κ3) is 5.58. The van der Waals surface area contributed by atoms with E-state index in [1.165, 1.54) is 13.1 Å². The zero-order valence-electron chi connectivity index (χ0n) is 14.3. The summed E-state index contributed by atoms with van der Waals surface area (Å²) in [6.45, 7) is 0.750. The van der Waals surface area contributed by atoms with Crippen molar-refractivity contribution in [3.8, 4) is 0 Å². The monoisotopic (exact) mass is 480 g/mol. The van der Waals surface area contributed by atoms with Crippen molar-refractivity contribution in [2.24, 2.45) is 0 Å². The molecule has 19 heteroatoms. The first-order chi connectivity index (χ1) is 13.2. The van der Waals surface area contributed by atoms with Gasteiger partial charge in [0, 0.05) is 11.8 Å². The number of H-pyrrole nitrogens is 1. The molecule has 0 aromatic carbocycles. The Morgan fingerprint density at radius 1 is 1.07 bits per heavy atom. The van der Waals surface area contributed by atoms with Gasteiger partial charge in [-0.1, -0.05) is 0 Å². The largest absolute Gasteiger partial charge is 0.490 e. The number of hydrogen-bond donors (Lipinski definition) is 5. The Hall–Kier alpha value is -0.990. The smallest absolute Gasteiger partial charge is 0.362 e. The Balaban J connectivity index is 1.63. The van der Waals surface area contributed by atoms with Crippen LogP contribution in [0, 0.1) is 6.92 Å². The SMILES string of the molecule is Cc1cn([C@@H]2O[C@H](COP(=O)(O)OP(=O)(O)OP(=O)(O)O)[C@@H]3O[C@@H]32)c(=O)[nH]c1=O. The fourth-order valence-electron chi connectivity index (χ4n) is 2.60. The Morgan fingerprint density at radius 2 is 1.72 bits per heavy atom. The molecule has 2 saturated heterocycles. The van der Waals surface area contributed by atoms with Crippen LogP contribution in [-0.4, -0.2) is 54.0 Å². The quantitative estimate of drug-likeness (QED) is 0.218. The molecule has 1 aromatic heterocycles. The standard InChI is InChI=1S/C10H15N2O14P3/c1-4-2-12(10(14)11-8(4)13)9-7-6(24-7)5(23-9)3-22-28(18,19)26-29(20,21)25-27(15,16)17/h2,5-7,9H,3H2,1H3,(H,18,19)(H,20,21)(H,11,13,14)(H2,15,16,17)/t5-,6+,7+,9-/m1/s1. The van der Waals surface area contributed by atoms with Crippen LogP contribution in [0.2, 0.25) is 0 Å². The van der Waals surface area contributed by atoms with Crippen LogP contribution in [0.5, 0.6) is 0 Å². The summed E-state index contributed by atoms with van der Waals surface area (Å²) in [4.78, 5) is 60.9. The molecule has 2 aliphatic heterocycles. The van der Waals surface area contributed by atoms with Gasteiger partial charge in [-0.3, -0.25) is 18.9 Å². The van der Waals surface area contributed by atoms with E-state index in [1.54, 1.807) is 0 Å². The Labute approximate surface area is 160 Å². The minimum absolute atomic E-state index is 0.224. The zero-order valence-corrected chi connectivity index (χ0v) is 16.9. The van der Waals surface area contributed by atoms with E-state index in [2.05, 4.69) is 18.1 Å². The molecule has 1 aromatic rings. The summed E-state index contributed by atoms with van der Waals surface area (Å²) in [5, 5.41) is 0. The van der Waals surface area contributed by atoms with Crippen LogP contribution in [0.4, 0.5) is 0 Å². The Bertz CT molecular complexity index is 1060. The second kappa shape index (κ2) is 7.61. The van der Waals surface area contributed by atoms with Gasteiger partial charge in [0.2, 0.25) is 0 Å². The molecule has 0 amide bonds. The van der Waals surface area contributed by atoms with Crippen molar-refractivity contribution >= 4 is 23.5 Å². The number of aryl methyl sites for hydroxylation is 1. The number of nitrogens with zero attached hydrogens (tertiary/aromatic N) is 1. The van der Waals surface area contributed by atoms with Crippen LogP contribution in [-0.2, 0) is 36.3 Å². The van der Waals surface area contributed by atoms with E-state index in [9.17, 15) is 28.2 Å². The molecule has 0 saturated carbocycles. The number of phosphoric ester groups is 1. The van der Waals surface area contributed by atoms with Crippen molar-refractivity contribution < 1.29 is 55.9 Å². The maximum absolute atomic E-state index is 11.9. The summed E-state index contributed by atoms with van der Waals surface area (Å²) in [5.41, 5.74) is -1.13. The lowest BCUT2D eigenvalue weighted by Crippen LogP contribution is -2.35. The molecular formula is C10H15N2O14P3. The summed E-state index contributed by atoms with van der Waals surface area (Å²) in [7, 11) is -16.4. The number of epoxide rings is 1. The lowest BCUT2D eigenvalue weighted by molar-refractivity contribution is -0.0845. The van der Waals surface area contributed by atoms with E-state index in [0.29, 0.717) is 0 Å². The molecule has 164 valence electrons. The van der Waals surface area contributed by atoms with Crippen LogP contribution >= 0.6 is 23.5 Å². The van der Waals surface area contributed by atoms with Gasteiger partial charge in [-0.05, 0) is 6.92 Å². The molecule has 3 heterocycles. The lowest BCUT2D eigenvalue weighted by atomic mass is 10.2. The maximum Gasteiger partial charge on any atom is 0.490 e. The fourth-order valence-corrected chi connectivity index (χ4v) is 5.63. The van der Waals surface area contributed by atoms with Gasteiger partial charge < -0.3 is 29.0 Å². The normalized spacial score (nSPS) is 30.4. The van der Waals surface area contributed by atoms with Crippen LogP contribution in [0.1, 0.15) is 11.8 Å². The van der Waals surface area contributed by atoms with Gasteiger partial charge in [-0.15, -0.1) is 0 Å². The number of aromatic amines is 1. The van der Waals surface area contributed by atoms with E-state index < -0.39 is 65.9 Å². The minimum atomic E-state index is -5.63. The second-order valence-corrected chi connectivity index (χ2v) is 10.4. The number of fused-ring (bicyclic) bond motifs is 1. The van der Waals surface area contributed by atoms with Gasteiger partial charge in [-0.25, -0.2) is 18.5 Å². The van der Waals surface area contributed by atoms with Crippen molar-refractivity contribution in [1.82, 2.24) is 9.55 Å². The van der Waals surface area contributed by atoms with Crippen LogP contribution < -0.4 is 11.2 Å². The predicted molar refractivity (Wildman–Crippen MR) is 88.4 cm³/mol. The molecule has 3 rings (SSSR count). The number of phosphoric acid groups is 3. The number of aromatic nitrogens is 2. The summed E-state index contributed by atoms with van der Waals surface area (Å²) in [5.74, 6) is 0. The first-order valence-corrected chi connectivity index (χ1v) is 12.1. The second-order valence-electron chi connectivity index (χ2n) is 6.00. The number of nitrogens with one attached hydrogen (secondary N) is 1. The highest BCUT2D eigenvalue weighted by Gasteiger charge is 2.59. The summed E-state index contributed by atoms with van der Waals surface area (Å²) < 4.78 is 57.1. The highest BCUT2D eigenvalue weighted by Crippen LogP contribution is 2.66. The molecule has 6 atom stereocenters. The number of hydrogen-bond acceptors (Lipinski definition) is 10. The van der Waals surface area contributed by atoms with Crippen molar-refractivity contribution in [3.63, 3.8) is 0 Å². The molecule has 0 aliphatic carbocycles.